The minimum absolute atomic E-state index is 0.111. The summed E-state index contributed by atoms with van der Waals surface area (Å²) in [6.07, 6.45) is 1.35. The van der Waals surface area contributed by atoms with Crippen molar-refractivity contribution in [1.29, 1.82) is 0 Å². The lowest BCUT2D eigenvalue weighted by Gasteiger charge is -1.97. The molecule has 1 heterocycles. The molecule has 0 amide bonds. The molecule has 0 aromatic heterocycles. The zero-order chi connectivity index (χ0) is 9.68. The van der Waals surface area contributed by atoms with E-state index in [-0.39, 0.29) is 6.08 Å². The largest absolute Gasteiger partial charge is 0.478 e. The number of carbonyl (C=O) groups is 2. The van der Waals surface area contributed by atoms with E-state index in [0.29, 0.717) is 19.2 Å². The van der Waals surface area contributed by atoms with Gasteiger partial charge in [0.2, 0.25) is 0 Å². The molecule has 0 aromatic carbocycles. The van der Waals surface area contributed by atoms with Crippen LogP contribution in [0.15, 0.2) is 17.1 Å². The topological polar surface area (TPSA) is 85.2 Å². The van der Waals surface area contributed by atoms with Crippen molar-refractivity contribution in [3.8, 4) is 0 Å². The Morgan fingerprint density at radius 2 is 2.31 bits per heavy atom. The maximum atomic E-state index is 10.8. The quantitative estimate of drug-likeness (QED) is 0.465. The summed E-state index contributed by atoms with van der Waals surface area (Å²) >= 11 is 0. The number of carboxylic acid groups (broad SMARTS) is 1. The summed E-state index contributed by atoms with van der Waals surface area (Å²) in [6.45, 7) is 0.830. The molecule has 0 atom stereocenters. The van der Waals surface area contributed by atoms with Gasteiger partial charge in [-0.05, 0) is 0 Å². The lowest BCUT2D eigenvalue weighted by molar-refractivity contribution is -0.134. The van der Waals surface area contributed by atoms with E-state index < -0.39 is 11.9 Å². The first-order chi connectivity index (χ1) is 6.18. The summed E-state index contributed by atoms with van der Waals surface area (Å²) in [5.41, 5.74) is 0. The van der Waals surface area contributed by atoms with E-state index in [4.69, 9.17) is 9.84 Å². The number of esters is 1. The van der Waals surface area contributed by atoms with Gasteiger partial charge in [-0.15, -0.1) is 0 Å². The summed E-state index contributed by atoms with van der Waals surface area (Å²) in [5, 5.41) is 8.17. The molecule has 1 aliphatic heterocycles. The van der Waals surface area contributed by atoms with Crippen molar-refractivity contribution in [3.05, 3.63) is 12.2 Å². The van der Waals surface area contributed by atoms with Gasteiger partial charge >= 0.3 is 18.0 Å². The number of rotatable bonds is 2. The number of aliphatic carboxylic acids is 1. The molecule has 6 nitrogen and oxygen atoms in total. The fraction of sp³-hybridized carbons (Fsp3) is 0.286. The van der Waals surface area contributed by atoms with Crippen LogP contribution in [0.4, 0.5) is 0 Å². The van der Waals surface area contributed by atoms with Crippen LogP contribution in [0.25, 0.3) is 0 Å². The molecule has 1 N–H and O–H groups in total. The van der Waals surface area contributed by atoms with Gasteiger partial charge in [0, 0.05) is 12.2 Å². The summed E-state index contributed by atoms with van der Waals surface area (Å²) < 4.78 is 9.26. The second kappa shape index (κ2) is 4.24. The Labute approximate surface area is 73.5 Å². The highest BCUT2D eigenvalue weighted by Crippen LogP contribution is 1.96. The first-order valence-corrected chi connectivity index (χ1v) is 3.48. The molecular weight excluding hydrogens is 178 g/mol. The lowest BCUT2D eigenvalue weighted by atomic mass is 10.5. The lowest BCUT2D eigenvalue weighted by Crippen LogP contribution is -2.10. The van der Waals surface area contributed by atoms with Gasteiger partial charge in [0.05, 0.1) is 6.54 Å². The molecule has 1 rings (SSSR count). The molecule has 13 heavy (non-hydrogen) atoms. The zero-order valence-corrected chi connectivity index (χ0v) is 6.60. The van der Waals surface area contributed by atoms with Gasteiger partial charge in [0.15, 0.2) is 0 Å². The molecule has 0 saturated heterocycles. The van der Waals surface area contributed by atoms with E-state index >= 15 is 0 Å². The van der Waals surface area contributed by atoms with Crippen LogP contribution >= 0.6 is 0 Å². The highest BCUT2D eigenvalue weighted by Gasteiger charge is 2.11. The van der Waals surface area contributed by atoms with Crippen molar-refractivity contribution in [1.82, 2.24) is 0 Å². The molecule has 0 aliphatic carbocycles. The van der Waals surface area contributed by atoms with Crippen LogP contribution in [0.3, 0.4) is 0 Å². The van der Waals surface area contributed by atoms with Crippen LogP contribution in [0, 0.1) is 0 Å². The standard InChI is InChI=1S/C7H7NO5/c9-5(10)1-2-6(11)13-7-8-3-4-12-7/h1-2H,3-4H2,(H,9,10)/b2-1-. The van der Waals surface area contributed by atoms with Crippen molar-refractivity contribution in [2.45, 2.75) is 0 Å². The van der Waals surface area contributed by atoms with Gasteiger partial charge in [0.25, 0.3) is 0 Å². The van der Waals surface area contributed by atoms with E-state index in [1.807, 2.05) is 0 Å². The third-order valence-corrected chi connectivity index (χ3v) is 1.11. The highest BCUT2D eigenvalue weighted by atomic mass is 16.7. The Balaban J connectivity index is 2.36. The Bertz CT molecular complexity index is 281. The summed E-state index contributed by atoms with van der Waals surface area (Å²) in [6, 6.07) is 0. The summed E-state index contributed by atoms with van der Waals surface area (Å²) in [7, 11) is 0. The molecule has 0 fully saturated rings. The van der Waals surface area contributed by atoms with Gasteiger partial charge in [-0.2, -0.15) is 0 Å². The number of hydrogen-bond acceptors (Lipinski definition) is 5. The van der Waals surface area contributed by atoms with Crippen LogP contribution in [0.5, 0.6) is 0 Å². The van der Waals surface area contributed by atoms with Crippen LogP contribution in [-0.2, 0) is 19.1 Å². The van der Waals surface area contributed by atoms with E-state index in [1.165, 1.54) is 0 Å². The maximum Gasteiger partial charge on any atom is 0.391 e. The number of carboxylic acids is 1. The van der Waals surface area contributed by atoms with Gasteiger partial charge in [-0.25, -0.2) is 14.6 Å². The zero-order valence-electron chi connectivity index (χ0n) is 6.60. The SMILES string of the molecule is O=C(O)/C=C\C(=O)OC1=NCCO1. The van der Waals surface area contributed by atoms with Crippen LogP contribution in [0.1, 0.15) is 0 Å². The molecule has 6 heteroatoms. The first kappa shape index (κ1) is 9.24. The molecule has 1 aliphatic rings. The van der Waals surface area contributed by atoms with Gasteiger partial charge in [-0.1, -0.05) is 0 Å². The number of carbonyl (C=O) groups excluding carboxylic acids is 1. The van der Waals surface area contributed by atoms with E-state index in [2.05, 4.69) is 9.73 Å². The van der Waals surface area contributed by atoms with Crippen LogP contribution < -0.4 is 0 Å². The second-order valence-electron chi connectivity index (χ2n) is 2.09. The van der Waals surface area contributed by atoms with E-state index in [1.54, 1.807) is 0 Å². The van der Waals surface area contributed by atoms with Gasteiger partial charge < -0.3 is 14.6 Å². The number of ether oxygens (including phenoxy) is 2. The fourth-order valence-corrected chi connectivity index (χ4v) is 0.637. The summed E-state index contributed by atoms with van der Waals surface area (Å²) in [4.78, 5) is 24.4. The van der Waals surface area contributed by atoms with Crippen LogP contribution in [-0.4, -0.2) is 36.3 Å². The van der Waals surface area contributed by atoms with Gasteiger partial charge in [0.1, 0.15) is 6.61 Å². The van der Waals surface area contributed by atoms with Crippen molar-refractivity contribution >= 4 is 18.0 Å². The molecule has 70 valence electrons. The van der Waals surface area contributed by atoms with E-state index in [0.717, 1.165) is 6.08 Å². The van der Waals surface area contributed by atoms with Crippen molar-refractivity contribution in [2.24, 2.45) is 4.99 Å². The molecular formula is C7H7NO5. The summed E-state index contributed by atoms with van der Waals surface area (Å²) in [5.74, 6) is -2.03. The minimum atomic E-state index is -1.22. The average molecular weight is 185 g/mol. The van der Waals surface area contributed by atoms with Crippen molar-refractivity contribution < 1.29 is 24.2 Å². The number of aliphatic imine (C=N–C) groups is 1. The maximum absolute atomic E-state index is 10.8. The molecule has 0 bridgehead atoms. The predicted molar refractivity (Wildman–Crippen MR) is 41.1 cm³/mol. The number of hydrogen-bond donors (Lipinski definition) is 1. The predicted octanol–water partition coefficient (Wildman–Crippen LogP) is -0.443. The van der Waals surface area contributed by atoms with Crippen molar-refractivity contribution in [2.75, 3.05) is 13.2 Å². The molecule has 0 unspecified atom stereocenters. The Hall–Kier alpha value is -1.85. The van der Waals surface area contributed by atoms with Crippen LogP contribution in [0.2, 0.25) is 0 Å². The Morgan fingerprint density at radius 3 is 2.85 bits per heavy atom. The third-order valence-electron chi connectivity index (χ3n) is 1.11. The first-order valence-electron chi connectivity index (χ1n) is 3.48. The highest BCUT2D eigenvalue weighted by molar-refractivity contribution is 5.95. The Kier molecular flexibility index (Phi) is 3.02. The van der Waals surface area contributed by atoms with Gasteiger partial charge in [-0.3, -0.25) is 0 Å². The molecule has 0 radical (unpaired) electrons. The van der Waals surface area contributed by atoms with E-state index in [9.17, 15) is 9.59 Å². The monoisotopic (exact) mass is 185 g/mol. The normalized spacial score (nSPS) is 15.2. The fourth-order valence-electron chi connectivity index (χ4n) is 0.637. The average Bonchev–Trinajstić information content (AvgIpc) is 2.53. The second-order valence-corrected chi connectivity index (χ2v) is 2.09. The Morgan fingerprint density at radius 1 is 1.54 bits per heavy atom. The smallest absolute Gasteiger partial charge is 0.391 e. The van der Waals surface area contributed by atoms with Crippen molar-refractivity contribution in [3.63, 3.8) is 0 Å². The molecule has 0 spiro atoms. The molecule has 0 aromatic rings. The molecule has 0 saturated carbocycles. The third kappa shape index (κ3) is 3.37. The number of nitrogens with zero attached hydrogens (tertiary/aromatic N) is 1. The minimum Gasteiger partial charge on any atom is -0.478 e.